The average molecular weight is 385 g/mol. The Morgan fingerprint density at radius 3 is 2.37 bits per heavy atom. The molecule has 27 heavy (non-hydrogen) atoms. The van der Waals surface area contributed by atoms with Crippen molar-refractivity contribution in [1.29, 1.82) is 0 Å². The first-order valence-electron chi connectivity index (χ1n) is 10.1. The maximum atomic E-state index is 13.2. The summed E-state index contributed by atoms with van der Waals surface area (Å²) in [5.41, 5.74) is 1.08. The van der Waals surface area contributed by atoms with Gasteiger partial charge in [-0.2, -0.15) is 0 Å². The third kappa shape index (κ3) is 3.77. The fraction of sp³-hybridized carbons (Fsp3) is 0.571. The molecule has 1 saturated heterocycles. The van der Waals surface area contributed by atoms with E-state index in [1.165, 1.54) is 31.0 Å². The summed E-state index contributed by atoms with van der Waals surface area (Å²) in [4.78, 5) is 15.3. The Hall–Kier alpha value is -1.82. The third-order valence-electron chi connectivity index (χ3n) is 5.69. The summed E-state index contributed by atoms with van der Waals surface area (Å²) in [7, 11) is 0. The van der Waals surface area contributed by atoms with E-state index in [1.54, 1.807) is 0 Å². The molecule has 0 unspecified atom stereocenters. The van der Waals surface area contributed by atoms with Crippen LogP contribution >= 0.6 is 11.8 Å². The van der Waals surface area contributed by atoms with Gasteiger partial charge < -0.3 is 4.90 Å². The van der Waals surface area contributed by atoms with Crippen LogP contribution in [0, 0.1) is 0 Å². The molecule has 2 aromatic rings. The van der Waals surface area contributed by atoms with Crippen molar-refractivity contribution in [3.63, 3.8) is 0 Å². The standard InChI is InChI=1S/C21H28N4OS/c1-14-8-7-9-15(2)24(14)20(26)16(3)27-21-23-22-19(17-12-13-17)25(21)18-10-5-4-6-11-18/h4-6,10-11,14-17H,7-9,12-13H2,1-3H3/t14-,15-,16-/m1/s1. The maximum Gasteiger partial charge on any atom is 0.236 e. The van der Waals surface area contributed by atoms with E-state index in [0.717, 1.165) is 29.5 Å². The van der Waals surface area contributed by atoms with Gasteiger partial charge in [-0.05, 0) is 65.0 Å². The zero-order chi connectivity index (χ0) is 19.0. The molecule has 1 aliphatic carbocycles. The minimum absolute atomic E-state index is 0.174. The molecule has 1 aromatic heterocycles. The van der Waals surface area contributed by atoms with Crippen molar-refractivity contribution in [3.8, 4) is 5.69 Å². The molecule has 1 aliphatic heterocycles. The predicted octanol–water partition coefficient (Wildman–Crippen LogP) is 4.41. The molecule has 0 spiro atoms. The molecule has 4 rings (SSSR count). The van der Waals surface area contributed by atoms with Crippen molar-refractivity contribution in [1.82, 2.24) is 19.7 Å². The summed E-state index contributed by atoms with van der Waals surface area (Å²) in [6.45, 7) is 6.34. The molecule has 1 amide bonds. The number of thioether (sulfide) groups is 1. The number of carbonyl (C=O) groups is 1. The van der Waals surface area contributed by atoms with Crippen LogP contribution in [0.5, 0.6) is 0 Å². The van der Waals surface area contributed by atoms with Crippen LogP contribution in [0.1, 0.15) is 64.6 Å². The average Bonchev–Trinajstić information content (AvgIpc) is 3.43. The summed E-state index contributed by atoms with van der Waals surface area (Å²) in [5.74, 6) is 1.75. The third-order valence-corrected chi connectivity index (χ3v) is 6.72. The highest BCUT2D eigenvalue weighted by atomic mass is 32.2. The summed E-state index contributed by atoms with van der Waals surface area (Å²) >= 11 is 1.54. The van der Waals surface area contributed by atoms with E-state index >= 15 is 0 Å². The first kappa shape index (κ1) is 18.5. The van der Waals surface area contributed by atoms with Gasteiger partial charge in [-0.25, -0.2) is 0 Å². The Kier molecular flexibility index (Phi) is 5.26. The van der Waals surface area contributed by atoms with E-state index in [9.17, 15) is 4.79 Å². The number of likely N-dealkylation sites (tertiary alicyclic amines) is 1. The molecule has 3 atom stereocenters. The number of rotatable bonds is 5. The fourth-order valence-electron chi connectivity index (χ4n) is 4.06. The lowest BCUT2D eigenvalue weighted by Crippen LogP contribution is -2.50. The number of amides is 1. The van der Waals surface area contributed by atoms with Gasteiger partial charge in [0.1, 0.15) is 5.82 Å². The molecule has 5 nitrogen and oxygen atoms in total. The van der Waals surface area contributed by atoms with Gasteiger partial charge in [0, 0.05) is 23.7 Å². The second-order valence-corrected chi connectivity index (χ2v) is 9.23. The van der Waals surface area contributed by atoms with Crippen molar-refractivity contribution >= 4 is 17.7 Å². The van der Waals surface area contributed by atoms with Gasteiger partial charge >= 0.3 is 0 Å². The number of para-hydroxylation sites is 1. The SMILES string of the molecule is C[C@@H]1CCC[C@@H](C)N1C(=O)[C@@H](C)Sc1nnc(C2CC2)n1-c1ccccc1. The Morgan fingerprint density at radius 2 is 1.74 bits per heavy atom. The second-order valence-electron chi connectivity index (χ2n) is 7.92. The van der Waals surface area contributed by atoms with Crippen LogP contribution in [-0.2, 0) is 4.79 Å². The van der Waals surface area contributed by atoms with Crippen LogP contribution in [0.15, 0.2) is 35.5 Å². The molecule has 2 fully saturated rings. The van der Waals surface area contributed by atoms with Gasteiger partial charge in [-0.3, -0.25) is 9.36 Å². The number of hydrogen-bond donors (Lipinski definition) is 0. The zero-order valence-corrected chi connectivity index (χ0v) is 17.2. The lowest BCUT2D eigenvalue weighted by Gasteiger charge is -2.40. The summed E-state index contributed by atoms with van der Waals surface area (Å²) < 4.78 is 2.15. The largest absolute Gasteiger partial charge is 0.336 e. The van der Waals surface area contributed by atoms with Crippen molar-refractivity contribution < 1.29 is 4.79 Å². The quantitative estimate of drug-likeness (QED) is 0.716. The van der Waals surface area contributed by atoms with Gasteiger partial charge in [-0.1, -0.05) is 30.0 Å². The van der Waals surface area contributed by atoms with Gasteiger partial charge in [0.2, 0.25) is 5.91 Å². The first-order chi connectivity index (χ1) is 13.1. The molecule has 0 bridgehead atoms. The normalized spacial score (nSPS) is 24.0. The molecule has 0 N–H and O–H groups in total. The molecule has 0 radical (unpaired) electrons. The molecule has 144 valence electrons. The van der Waals surface area contributed by atoms with Crippen molar-refractivity contribution in [3.05, 3.63) is 36.2 Å². The summed E-state index contributed by atoms with van der Waals surface area (Å²) in [6, 6.07) is 10.9. The highest BCUT2D eigenvalue weighted by molar-refractivity contribution is 8.00. The lowest BCUT2D eigenvalue weighted by molar-refractivity contribution is -0.136. The van der Waals surface area contributed by atoms with Crippen LogP contribution in [0.2, 0.25) is 0 Å². The molecular weight excluding hydrogens is 356 g/mol. The number of aromatic nitrogens is 3. The monoisotopic (exact) mass is 384 g/mol. The van der Waals surface area contributed by atoms with Gasteiger partial charge in [0.25, 0.3) is 0 Å². The van der Waals surface area contributed by atoms with E-state index in [-0.39, 0.29) is 11.2 Å². The number of hydrogen-bond acceptors (Lipinski definition) is 4. The van der Waals surface area contributed by atoms with Crippen molar-refractivity contribution in [2.24, 2.45) is 0 Å². The summed E-state index contributed by atoms with van der Waals surface area (Å²) in [5, 5.41) is 9.59. The first-order valence-corrected chi connectivity index (χ1v) is 10.9. The topological polar surface area (TPSA) is 51.0 Å². The van der Waals surface area contributed by atoms with Gasteiger partial charge in [0.15, 0.2) is 5.16 Å². The van der Waals surface area contributed by atoms with Gasteiger partial charge in [0.05, 0.1) is 5.25 Å². The minimum Gasteiger partial charge on any atom is -0.336 e. The Labute approximate surface area is 165 Å². The highest BCUT2D eigenvalue weighted by Gasteiger charge is 2.35. The molecule has 1 aromatic carbocycles. The Bertz CT molecular complexity index is 792. The Morgan fingerprint density at radius 1 is 1.07 bits per heavy atom. The smallest absolute Gasteiger partial charge is 0.236 e. The molecular formula is C21H28N4OS. The van der Waals surface area contributed by atoms with E-state index in [4.69, 9.17) is 0 Å². The van der Waals surface area contributed by atoms with Crippen LogP contribution in [0.4, 0.5) is 0 Å². The van der Waals surface area contributed by atoms with Crippen molar-refractivity contribution in [2.45, 2.75) is 81.3 Å². The van der Waals surface area contributed by atoms with Crippen LogP contribution in [0.25, 0.3) is 5.69 Å². The molecule has 2 aliphatic rings. The highest BCUT2D eigenvalue weighted by Crippen LogP contribution is 2.41. The maximum absolute atomic E-state index is 13.2. The van der Waals surface area contributed by atoms with Crippen molar-refractivity contribution in [2.75, 3.05) is 0 Å². The molecule has 6 heteroatoms. The summed E-state index contributed by atoms with van der Waals surface area (Å²) in [6.07, 6.45) is 5.75. The van der Waals surface area contributed by atoms with E-state index in [1.807, 2.05) is 25.1 Å². The van der Waals surface area contributed by atoms with Crippen LogP contribution < -0.4 is 0 Å². The number of nitrogens with zero attached hydrogens (tertiary/aromatic N) is 4. The lowest BCUT2D eigenvalue weighted by atomic mass is 9.97. The van der Waals surface area contributed by atoms with Gasteiger partial charge in [-0.15, -0.1) is 10.2 Å². The predicted molar refractivity (Wildman–Crippen MR) is 108 cm³/mol. The number of benzene rings is 1. The minimum atomic E-state index is -0.174. The fourth-order valence-corrected chi connectivity index (χ4v) is 4.99. The van der Waals surface area contributed by atoms with E-state index in [0.29, 0.717) is 18.0 Å². The molecule has 2 heterocycles. The van der Waals surface area contributed by atoms with E-state index < -0.39 is 0 Å². The molecule has 1 saturated carbocycles. The van der Waals surface area contributed by atoms with Crippen LogP contribution in [0.3, 0.4) is 0 Å². The van der Waals surface area contributed by atoms with E-state index in [2.05, 4.69) is 45.6 Å². The Balaban J connectivity index is 1.58. The zero-order valence-electron chi connectivity index (χ0n) is 16.3. The van der Waals surface area contributed by atoms with Crippen LogP contribution in [-0.4, -0.2) is 42.9 Å². The number of carbonyl (C=O) groups excluding carboxylic acids is 1. The second kappa shape index (κ2) is 7.66. The number of piperidine rings is 1.